The van der Waals surface area contributed by atoms with Crippen molar-refractivity contribution < 1.29 is 0 Å². The van der Waals surface area contributed by atoms with Gasteiger partial charge in [0.25, 0.3) is 0 Å². The smallest absolute Gasteiger partial charge is 0.0387 e. The maximum atomic E-state index is 3.67. The second-order valence-electron chi connectivity index (χ2n) is 9.97. The Balaban J connectivity index is 1.42. The van der Waals surface area contributed by atoms with E-state index in [-0.39, 0.29) is 5.41 Å². The molecule has 1 heteroatoms. The van der Waals surface area contributed by atoms with Gasteiger partial charge in [-0.25, -0.2) is 0 Å². The van der Waals surface area contributed by atoms with E-state index in [1.165, 1.54) is 54.6 Å². The lowest BCUT2D eigenvalue weighted by Crippen LogP contribution is -2.55. The second kappa shape index (κ2) is 5.75. The molecule has 0 radical (unpaired) electrons. The minimum atomic E-state index is 0.258. The van der Waals surface area contributed by atoms with Gasteiger partial charge in [-0.05, 0) is 102 Å². The van der Waals surface area contributed by atoms with Crippen molar-refractivity contribution in [2.75, 3.05) is 5.32 Å². The molecule has 144 valence electrons. The van der Waals surface area contributed by atoms with E-state index >= 15 is 0 Å². The molecule has 5 aliphatic rings. The van der Waals surface area contributed by atoms with Crippen molar-refractivity contribution in [3.05, 3.63) is 83.9 Å². The molecule has 1 N–H and O–H groups in total. The number of hydrogen-bond acceptors (Lipinski definition) is 1. The third-order valence-corrected chi connectivity index (χ3v) is 8.62. The average Bonchev–Trinajstić information content (AvgIpc) is 3.03. The molecule has 8 rings (SSSR count). The Hall–Kier alpha value is -2.54. The lowest BCUT2D eigenvalue weighted by Gasteiger charge is -2.61. The van der Waals surface area contributed by atoms with Gasteiger partial charge in [-0.1, -0.05) is 48.5 Å². The van der Waals surface area contributed by atoms with Gasteiger partial charge in [0, 0.05) is 16.8 Å². The molecule has 4 fully saturated rings. The van der Waals surface area contributed by atoms with E-state index in [0.717, 1.165) is 23.7 Å². The number of anilines is 2. The highest BCUT2D eigenvalue weighted by Crippen LogP contribution is 2.69. The molecular weight excluding hydrogens is 350 g/mol. The third-order valence-electron chi connectivity index (χ3n) is 8.62. The van der Waals surface area contributed by atoms with Crippen LogP contribution in [0.15, 0.2) is 72.8 Å². The van der Waals surface area contributed by atoms with Crippen LogP contribution in [-0.4, -0.2) is 0 Å². The summed E-state index contributed by atoms with van der Waals surface area (Å²) in [5.41, 5.74) is 8.91. The van der Waals surface area contributed by atoms with Gasteiger partial charge in [-0.3, -0.25) is 0 Å². The number of nitrogens with one attached hydrogen (secondary N) is 1. The Labute approximate surface area is 173 Å². The Bertz CT molecular complexity index is 1070. The minimum absolute atomic E-state index is 0.258. The summed E-state index contributed by atoms with van der Waals surface area (Å²) in [7, 11) is 0. The molecule has 1 nitrogen and oxygen atoms in total. The van der Waals surface area contributed by atoms with Gasteiger partial charge in [0.05, 0.1) is 0 Å². The van der Waals surface area contributed by atoms with Crippen LogP contribution in [0.1, 0.15) is 43.2 Å². The van der Waals surface area contributed by atoms with Gasteiger partial charge >= 0.3 is 0 Å². The summed E-state index contributed by atoms with van der Waals surface area (Å²) in [6.07, 6.45) is 7.27. The lowest BCUT2D eigenvalue weighted by molar-refractivity contribution is -0.0399. The zero-order valence-electron chi connectivity index (χ0n) is 16.8. The molecule has 4 bridgehead atoms. The van der Waals surface area contributed by atoms with Crippen LogP contribution in [-0.2, 0) is 5.41 Å². The molecule has 3 aromatic rings. The maximum Gasteiger partial charge on any atom is 0.0387 e. The first-order valence-electron chi connectivity index (χ1n) is 11.4. The van der Waals surface area contributed by atoms with Gasteiger partial charge in [0.15, 0.2) is 0 Å². The Morgan fingerprint density at radius 3 is 2.00 bits per heavy atom. The van der Waals surface area contributed by atoms with Gasteiger partial charge in [0.1, 0.15) is 0 Å². The number of hydrogen-bond donors (Lipinski definition) is 1. The largest absolute Gasteiger partial charge is 0.356 e. The predicted molar refractivity (Wildman–Crippen MR) is 119 cm³/mol. The van der Waals surface area contributed by atoms with Gasteiger partial charge in [-0.15, -0.1) is 0 Å². The molecule has 4 saturated carbocycles. The van der Waals surface area contributed by atoms with Crippen molar-refractivity contribution in [3.8, 4) is 11.1 Å². The van der Waals surface area contributed by atoms with Crippen LogP contribution in [0.4, 0.5) is 11.4 Å². The van der Waals surface area contributed by atoms with E-state index in [1.807, 2.05) is 0 Å². The first kappa shape index (κ1) is 16.3. The highest BCUT2D eigenvalue weighted by Gasteiger charge is 2.61. The molecule has 3 aromatic carbocycles. The highest BCUT2D eigenvalue weighted by molar-refractivity contribution is 5.84. The van der Waals surface area contributed by atoms with Crippen LogP contribution >= 0.6 is 0 Å². The molecule has 5 aliphatic carbocycles. The Morgan fingerprint density at radius 1 is 0.586 bits per heavy atom. The van der Waals surface area contributed by atoms with Gasteiger partial charge in [-0.2, -0.15) is 0 Å². The van der Waals surface area contributed by atoms with Crippen molar-refractivity contribution in [2.24, 2.45) is 23.7 Å². The molecule has 1 spiro atoms. The van der Waals surface area contributed by atoms with E-state index in [0.29, 0.717) is 0 Å². The van der Waals surface area contributed by atoms with Crippen LogP contribution < -0.4 is 5.32 Å². The van der Waals surface area contributed by atoms with Crippen molar-refractivity contribution in [1.82, 2.24) is 0 Å². The summed E-state index contributed by atoms with van der Waals surface area (Å²) in [6, 6.07) is 27.1. The fourth-order valence-corrected chi connectivity index (χ4v) is 7.92. The molecule has 0 saturated heterocycles. The molecular formula is C28H27N. The number of fused-ring (bicyclic) bond motifs is 3. The van der Waals surface area contributed by atoms with E-state index in [4.69, 9.17) is 0 Å². The summed E-state index contributed by atoms with van der Waals surface area (Å²) in [5, 5.41) is 3.67. The van der Waals surface area contributed by atoms with E-state index < -0.39 is 0 Å². The van der Waals surface area contributed by atoms with Crippen molar-refractivity contribution in [2.45, 2.75) is 37.5 Å². The number of rotatable bonds is 2. The van der Waals surface area contributed by atoms with Crippen molar-refractivity contribution in [3.63, 3.8) is 0 Å². The predicted octanol–water partition coefficient (Wildman–Crippen LogP) is 7.15. The summed E-state index contributed by atoms with van der Waals surface area (Å²) in [4.78, 5) is 0. The topological polar surface area (TPSA) is 12.0 Å². The molecule has 0 heterocycles. The zero-order valence-corrected chi connectivity index (χ0v) is 16.8. The first-order valence-corrected chi connectivity index (χ1v) is 11.4. The fraction of sp³-hybridized carbons (Fsp3) is 0.357. The molecule has 0 amide bonds. The maximum absolute atomic E-state index is 3.67. The normalized spacial score (nSPS) is 33.0. The summed E-state index contributed by atoms with van der Waals surface area (Å²) in [6.45, 7) is 0. The Kier molecular flexibility index (Phi) is 3.23. The lowest BCUT2D eigenvalue weighted by atomic mass is 9.43. The zero-order chi connectivity index (χ0) is 19.0. The first-order chi connectivity index (χ1) is 14.3. The Morgan fingerprint density at radius 2 is 1.24 bits per heavy atom. The molecule has 0 aromatic heterocycles. The quantitative estimate of drug-likeness (QED) is 0.500. The van der Waals surface area contributed by atoms with E-state index in [9.17, 15) is 0 Å². The monoisotopic (exact) mass is 377 g/mol. The fourth-order valence-electron chi connectivity index (χ4n) is 7.92. The van der Waals surface area contributed by atoms with Crippen LogP contribution in [0.2, 0.25) is 0 Å². The molecule has 0 aliphatic heterocycles. The molecule has 29 heavy (non-hydrogen) atoms. The van der Waals surface area contributed by atoms with Crippen LogP contribution in [0.5, 0.6) is 0 Å². The van der Waals surface area contributed by atoms with Gasteiger partial charge < -0.3 is 5.32 Å². The average molecular weight is 378 g/mol. The number of para-hydroxylation sites is 1. The molecule has 0 unspecified atom stereocenters. The minimum Gasteiger partial charge on any atom is -0.356 e. The van der Waals surface area contributed by atoms with E-state index in [1.54, 1.807) is 11.1 Å². The summed E-state index contributed by atoms with van der Waals surface area (Å²) >= 11 is 0. The second-order valence-corrected chi connectivity index (χ2v) is 9.97. The standard InChI is InChI=1S/C28H27N/c1-2-6-22(7-3-1)29-23-10-11-25-24-8-4-5-9-26(24)28(27(25)17-23)20-13-18-12-19(15-20)16-21(28)14-18/h1-11,17-21,29H,12-16H2. The summed E-state index contributed by atoms with van der Waals surface area (Å²) in [5.74, 6) is 3.64. The number of benzene rings is 3. The summed E-state index contributed by atoms with van der Waals surface area (Å²) < 4.78 is 0. The SMILES string of the molecule is c1ccc(Nc2ccc3c(c2)C2(c4ccccc4-3)C3CC4CC(C3)CC2C4)cc1. The third kappa shape index (κ3) is 2.11. The van der Waals surface area contributed by atoms with E-state index in [2.05, 4.69) is 78.1 Å². The highest BCUT2D eigenvalue weighted by atomic mass is 14.9. The molecule has 0 atom stereocenters. The van der Waals surface area contributed by atoms with Crippen LogP contribution in [0.25, 0.3) is 11.1 Å². The van der Waals surface area contributed by atoms with Gasteiger partial charge in [0.2, 0.25) is 0 Å². The van der Waals surface area contributed by atoms with Crippen LogP contribution in [0, 0.1) is 23.7 Å². The van der Waals surface area contributed by atoms with Crippen molar-refractivity contribution >= 4 is 11.4 Å². The van der Waals surface area contributed by atoms with Crippen LogP contribution in [0.3, 0.4) is 0 Å². The van der Waals surface area contributed by atoms with Crippen molar-refractivity contribution in [1.29, 1.82) is 0 Å².